The molecule has 3 rings (SSSR count). The molecule has 0 aliphatic carbocycles. The first-order valence-corrected chi connectivity index (χ1v) is 8.42. The van der Waals surface area contributed by atoms with Gasteiger partial charge in [0.05, 0.1) is 12.2 Å². The lowest BCUT2D eigenvalue weighted by molar-refractivity contribution is -0.210. The Kier molecular flexibility index (Phi) is 5.24. The summed E-state index contributed by atoms with van der Waals surface area (Å²) in [5, 5.41) is 49.2. The Morgan fingerprint density at radius 3 is 2.30 bits per heavy atom. The van der Waals surface area contributed by atoms with Gasteiger partial charge in [0, 0.05) is 5.56 Å². The second-order valence-corrected chi connectivity index (χ2v) is 6.43. The number of pyridine rings is 1. The summed E-state index contributed by atoms with van der Waals surface area (Å²) in [4.78, 5) is 0. The molecule has 1 aliphatic rings. The number of hydrogen-bond acceptors (Lipinski definition) is 8. The van der Waals surface area contributed by atoms with Crippen LogP contribution in [0.4, 0.5) is 5.82 Å². The summed E-state index contributed by atoms with van der Waals surface area (Å²) in [5.74, 6) is -0.104. The van der Waals surface area contributed by atoms with Gasteiger partial charge in [-0.3, -0.25) is 4.57 Å². The Labute approximate surface area is 159 Å². The van der Waals surface area contributed by atoms with Gasteiger partial charge in [-0.1, -0.05) is 42.5 Å². The van der Waals surface area contributed by atoms with Crippen LogP contribution in [0.15, 0.2) is 30.3 Å². The average molecular weight is 384 g/mol. The smallest absolute Gasteiger partial charge is 0.165 e. The Balaban J connectivity index is 2.29. The van der Waals surface area contributed by atoms with Crippen molar-refractivity contribution in [2.45, 2.75) is 24.5 Å². The fourth-order valence-corrected chi connectivity index (χ4v) is 3.44. The van der Waals surface area contributed by atoms with Crippen molar-refractivity contribution in [2.24, 2.45) is 0 Å². The van der Waals surface area contributed by atoms with Crippen LogP contribution < -0.4 is 5.73 Å². The summed E-state index contributed by atoms with van der Waals surface area (Å²) in [5.41, 5.74) is 7.08. The lowest BCUT2D eigenvalue weighted by atomic mass is 9.96. The minimum Gasteiger partial charge on any atom is -0.388 e. The first-order chi connectivity index (χ1) is 12.9. The van der Waals surface area contributed by atoms with Crippen molar-refractivity contribution >= 4 is 18.0 Å². The van der Waals surface area contributed by atoms with Crippen LogP contribution in [0, 0.1) is 27.3 Å². The molecule has 1 aliphatic heterocycles. The maximum atomic E-state index is 10.3. The lowest BCUT2D eigenvalue weighted by Crippen LogP contribution is -2.51. The predicted molar refractivity (Wildman–Crippen MR) is 97.6 cm³/mol. The largest absolute Gasteiger partial charge is 0.388 e. The summed E-state index contributed by atoms with van der Waals surface area (Å²) in [6.45, 7) is -0.270. The molecular weight excluding hydrogens is 368 g/mol. The third kappa shape index (κ3) is 3.08. The van der Waals surface area contributed by atoms with Gasteiger partial charge in [-0.05, 0) is 5.56 Å². The maximum absolute atomic E-state index is 10.3. The highest BCUT2D eigenvalue weighted by Gasteiger charge is 2.40. The summed E-state index contributed by atoms with van der Waals surface area (Å²) >= 11 is 5.39. The molecular formula is C18H16N4O4S. The Morgan fingerprint density at radius 1 is 1.07 bits per heavy atom. The molecule has 0 radical (unpaired) electrons. The fraction of sp³-hybridized carbons (Fsp3) is 0.278. The van der Waals surface area contributed by atoms with Gasteiger partial charge in [-0.2, -0.15) is 10.5 Å². The SMILES string of the molecule is N#Cc1c(-c2ccccc2)c(C#N)c(=S)n([C@@H]2OC[C@@H](O)[C@@H](O)[C@@H]2O)c1N. The summed E-state index contributed by atoms with van der Waals surface area (Å²) < 4.78 is 6.50. The molecule has 27 heavy (non-hydrogen) atoms. The molecule has 0 spiro atoms. The molecule has 0 bridgehead atoms. The molecule has 138 valence electrons. The number of nitriles is 2. The third-order valence-electron chi connectivity index (χ3n) is 4.46. The van der Waals surface area contributed by atoms with Crippen molar-refractivity contribution in [1.82, 2.24) is 4.57 Å². The van der Waals surface area contributed by atoms with E-state index in [2.05, 4.69) is 0 Å². The van der Waals surface area contributed by atoms with E-state index in [1.54, 1.807) is 30.3 Å². The Hall–Kier alpha value is -2.79. The van der Waals surface area contributed by atoms with Gasteiger partial charge >= 0.3 is 0 Å². The van der Waals surface area contributed by atoms with Crippen LogP contribution in [-0.2, 0) is 4.74 Å². The number of anilines is 1. The third-order valence-corrected chi connectivity index (χ3v) is 4.86. The van der Waals surface area contributed by atoms with E-state index >= 15 is 0 Å². The molecule has 1 fully saturated rings. The minimum atomic E-state index is -1.55. The predicted octanol–water partition coefficient (Wildman–Crippen LogP) is 0.822. The number of nitrogens with zero attached hydrogens (tertiary/aromatic N) is 3. The second-order valence-electron chi connectivity index (χ2n) is 6.05. The van der Waals surface area contributed by atoms with Gasteiger partial charge < -0.3 is 25.8 Å². The molecule has 4 atom stereocenters. The molecule has 2 aromatic rings. The topological polar surface area (TPSA) is 148 Å². The van der Waals surface area contributed by atoms with Crippen molar-refractivity contribution < 1.29 is 20.1 Å². The van der Waals surface area contributed by atoms with Gasteiger partial charge in [0.25, 0.3) is 0 Å². The molecule has 1 aromatic carbocycles. The van der Waals surface area contributed by atoms with Gasteiger partial charge in [-0.15, -0.1) is 0 Å². The summed E-state index contributed by atoms with van der Waals surface area (Å²) in [6.07, 6.45) is -5.57. The molecule has 1 saturated heterocycles. The number of ether oxygens (including phenoxy) is 1. The van der Waals surface area contributed by atoms with E-state index in [4.69, 9.17) is 22.7 Å². The zero-order valence-corrected chi connectivity index (χ0v) is 14.8. The van der Waals surface area contributed by atoms with Crippen LogP contribution in [0.5, 0.6) is 0 Å². The first kappa shape index (κ1) is 19.0. The Bertz CT molecular complexity index is 1010. The quantitative estimate of drug-likeness (QED) is 0.556. The van der Waals surface area contributed by atoms with E-state index in [-0.39, 0.29) is 28.2 Å². The number of hydrogen-bond donors (Lipinski definition) is 4. The average Bonchev–Trinajstić information content (AvgIpc) is 2.68. The number of benzene rings is 1. The van der Waals surface area contributed by atoms with Crippen molar-refractivity contribution in [3.05, 3.63) is 46.1 Å². The number of aliphatic hydroxyl groups excluding tert-OH is 3. The van der Waals surface area contributed by atoms with Crippen LogP contribution in [0.1, 0.15) is 17.4 Å². The van der Waals surface area contributed by atoms with Gasteiger partial charge in [0.1, 0.15) is 46.5 Å². The van der Waals surface area contributed by atoms with Gasteiger partial charge in [0.2, 0.25) is 0 Å². The van der Waals surface area contributed by atoms with Crippen molar-refractivity contribution in [3.8, 4) is 23.3 Å². The highest BCUT2D eigenvalue weighted by molar-refractivity contribution is 7.71. The summed E-state index contributed by atoms with van der Waals surface area (Å²) in [7, 11) is 0. The van der Waals surface area contributed by atoms with E-state index in [0.29, 0.717) is 11.1 Å². The maximum Gasteiger partial charge on any atom is 0.165 e. The number of nitrogens with two attached hydrogens (primary N) is 1. The first-order valence-electron chi connectivity index (χ1n) is 8.01. The van der Waals surface area contributed by atoms with E-state index in [0.717, 1.165) is 4.57 Å². The zero-order valence-electron chi connectivity index (χ0n) is 14.0. The monoisotopic (exact) mass is 384 g/mol. The number of nitrogen functional groups attached to an aromatic ring is 1. The molecule has 2 heterocycles. The van der Waals surface area contributed by atoms with Crippen LogP contribution in [0.25, 0.3) is 11.1 Å². The molecule has 5 N–H and O–H groups in total. The van der Waals surface area contributed by atoms with Crippen LogP contribution in [-0.4, -0.2) is 44.8 Å². The van der Waals surface area contributed by atoms with Crippen LogP contribution >= 0.6 is 12.2 Å². The minimum absolute atomic E-state index is 0.00256. The number of aromatic nitrogens is 1. The van der Waals surface area contributed by atoms with E-state index in [1.807, 2.05) is 12.1 Å². The molecule has 8 nitrogen and oxygen atoms in total. The van der Waals surface area contributed by atoms with Crippen molar-refractivity contribution in [1.29, 1.82) is 10.5 Å². The zero-order chi connectivity index (χ0) is 19.7. The molecule has 0 saturated carbocycles. The van der Waals surface area contributed by atoms with E-state index in [1.165, 1.54) is 0 Å². The normalized spacial score (nSPS) is 24.8. The molecule has 1 aromatic heterocycles. The van der Waals surface area contributed by atoms with E-state index < -0.39 is 24.5 Å². The fourth-order valence-electron chi connectivity index (χ4n) is 3.09. The molecule has 9 heteroatoms. The lowest BCUT2D eigenvalue weighted by Gasteiger charge is -2.37. The number of aliphatic hydroxyl groups is 3. The van der Waals surface area contributed by atoms with Crippen LogP contribution in [0.2, 0.25) is 0 Å². The van der Waals surface area contributed by atoms with Crippen LogP contribution in [0.3, 0.4) is 0 Å². The standard InChI is InChI=1S/C18H16N4O4S/c19-6-10-13(9-4-2-1-3-5-9)11(7-20)18(27)22(16(10)21)17-15(25)14(24)12(23)8-26-17/h1-5,12,14-15,17,23-25H,8,21H2/t12-,14-,15+,17-/m1/s1. The highest BCUT2D eigenvalue weighted by Crippen LogP contribution is 2.36. The van der Waals surface area contributed by atoms with Crippen molar-refractivity contribution in [3.63, 3.8) is 0 Å². The van der Waals surface area contributed by atoms with E-state index in [9.17, 15) is 25.8 Å². The molecule has 0 amide bonds. The van der Waals surface area contributed by atoms with Crippen molar-refractivity contribution in [2.75, 3.05) is 12.3 Å². The van der Waals surface area contributed by atoms with Gasteiger partial charge in [0.15, 0.2) is 6.23 Å². The molecule has 0 unspecified atom stereocenters. The number of rotatable bonds is 2. The second kappa shape index (κ2) is 7.45. The highest BCUT2D eigenvalue weighted by atomic mass is 32.1. The Morgan fingerprint density at radius 2 is 1.70 bits per heavy atom. The summed E-state index contributed by atoms with van der Waals surface area (Å²) in [6, 6.07) is 12.7. The van der Waals surface area contributed by atoms with Gasteiger partial charge in [-0.25, -0.2) is 0 Å².